The minimum atomic E-state index is -0.749. The number of methoxy groups -OCH3 is 1. The van der Waals surface area contributed by atoms with Crippen LogP contribution in [0.1, 0.15) is 12.5 Å². The van der Waals surface area contributed by atoms with E-state index in [2.05, 4.69) is 4.74 Å². The van der Waals surface area contributed by atoms with Crippen LogP contribution < -0.4 is 4.74 Å². The third kappa shape index (κ3) is 3.17. The molecule has 0 saturated heterocycles. The maximum Gasteiger partial charge on any atom is 0.346 e. The second kappa shape index (κ2) is 5.29. The van der Waals surface area contributed by atoms with E-state index in [1.165, 1.54) is 25.3 Å². The van der Waals surface area contributed by atoms with Crippen molar-refractivity contribution in [2.24, 2.45) is 0 Å². The Morgan fingerprint density at radius 2 is 2.12 bits per heavy atom. The molecule has 17 heavy (non-hydrogen) atoms. The molecule has 0 aliphatic rings. The quantitative estimate of drug-likeness (QED) is 0.455. The summed E-state index contributed by atoms with van der Waals surface area (Å²) >= 11 is 0. The van der Waals surface area contributed by atoms with Crippen molar-refractivity contribution >= 4 is 11.7 Å². The monoisotopic (exact) mass is 239 g/mol. The molecule has 92 valence electrons. The summed E-state index contributed by atoms with van der Waals surface area (Å²) in [4.78, 5) is 21.3. The average Bonchev–Trinajstić information content (AvgIpc) is 2.27. The number of benzene rings is 1. The smallest absolute Gasteiger partial charge is 0.346 e. The lowest BCUT2D eigenvalue weighted by Gasteiger charge is -2.12. The zero-order valence-electron chi connectivity index (χ0n) is 9.80. The van der Waals surface area contributed by atoms with Gasteiger partial charge in [-0.3, -0.25) is 10.1 Å². The van der Waals surface area contributed by atoms with E-state index in [1.54, 1.807) is 13.8 Å². The summed E-state index contributed by atoms with van der Waals surface area (Å²) < 4.78 is 9.79. The molecule has 1 atom stereocenters. The number of nitro groups is 1. The molecule has 0 fully saturated rings. The van der Waals surface area contributed by atoms with Gasteiger partial charge in [-0.25, -0.2) is 4.79 Å². The van der Waals surface area contributed by atoms with Gasteiger partial charge in [0.1, 0.15) is 5.75 Å². The molecule has 6 nitrogen and oxygen atoms in total. The maximum absolute atomic E-state index is 11.1. The van der Waals surface area contributed by atoms with Crippen LogP contribution in [0.5, 0.6) is 5.75 Å². The highest BCUT2D eigenvalue weighted by Crippen LogP contribution is 2.23. The molecule has 1 rings (SSSR count). The summed E-state index contributed by atoms with van der Waals surface area (Å²) in [6, 6.07) is 4.30. The number of hydrogen-bond acceptors (Lipinski definition) is 5. The highest BCUT2D eigenvalue weighted by molar-refractivity contribution is 5.74. The second-order valence-corrected chi connectivity index (χ2v) is 3.49. The molecule has 1 aromatic rings. The molecule has 0 N–H and O–H groups in total. The molecule has 0 unspecified atom stereocenters. The van der Waals surface area contributed by atoms with Crippen molar-refractivity contribution in [2.45, 2.75) is 20.0 Å². The number of nitrogens with zero attached hydrogens (tertiary/aromatic N) is 1. The second-order valence-electron chi connectivity index (χ2n) is 3.49. The number of hydrogen-bond donors (Lipinski definition) is 0. The first kappa shape index (κ1) is 13.0. The van der Waals surface area contributed by atoms with Crippen LogP contribution in [-0.4, -0.2) is 24.1 Å². The van der Waals surface area contributed by atoms with Crippen LogP contribution in [0.4, 0.5) is 5.69 Å². The Morgan fingerprint density at radius 3 is 2.59 bits per heavy atom. The van der Waals surface area contributed by atoms with E-state index in [1.807, 2.05) is 0 Å². The van der Waals surface area contributed by atoms with Crippen molar-refractivity contribution in [3.05, 3.63) is 33.9 Å². The van der Waals surface area contributed by atoms with Crippen molar-refractivity contribution in [2.75, 3.05) is 7.11 Å². The van der Waals surface area contributed by atoms with Crippen molar-refractivity contribution in [1.82, 2.24) is 0 Å². The number of rotatable bonds is 4. The number of esters is 1. The maximum atomic E-state index is 11.1. The average molecular weight is 239 g/mol. The summed E-state index contributed by atoms with van der Waals surface area (Å²) in [5, 5.41) is 10.6. The Kier molecular flexibility index (Phi) is 4.03. The molecule has 6 heteroatoms. The largest absolute Gasteiger partial charge is 0.479 e. The lowest BCUT2D eigenvalue weighted by molar-refractivity contribution is -0.385. The molecule has 0 radical (unpaired) electrons. The van der Waals surface area contributed by atoms with Crippen LogP contribution in [0, 0.1) is 17.0 Å². The molecule has 0 aliphatic carbocycles. The van der Waals surface area contributed by atoms with Gasteiger partial charge in [-0.15, -0.1) is 0 Å². The van der Waals surface area contributed by atoms with Gasteiger partial charge < -0.3 is 9.47 Å². The molecule has 0 saturated carbocycles. The van der Waals surface area contributed by atoms with Gasteiger partial charge in [-0.1, -0.05) is 0 Å². The lowest BCUT2D eigenvalue weighted by atomic mass is 10.2. The van der Waals surface area contributed by atoms with E-state index in [9.17, 15) is 14.9 Å². The molecule has 0 aliphatic heterocycles. The van der Waals surface area contributed by atoms with Crippen LogP contribution in [0.2, 0.25) is 0 Å². The van der Waals surface area contributed by atoms with Gasteiger partial charge in [0, 0.05) is 11.6 Å². The van der Waals surface area contributed by atoms with E-state index in [0.717, 1.165) is 0 Å². The van der Waals surface area contributed by atoms with E-state index in [-0.39, 0.29) is 5.69 Å². The van der Waals surface area contributed by atoms with E-state index < -0.39 is 17.0 Å². The van der Waals surface area contributed by atoms with Crippen LogP contribution in [0.25, 0.3) is 0 Å². The van der Waals surface area contributed by atoms with Gasteiger partial charge in [0.05, 0.1) is 12.0 Å². The van der Waals surface area contributed by atoms with Gasteiger partial charge in [0.25, 0.3) is 5.69 Å². The highest BCUT2D eigenvalue weighted by Gasteiger charge is 2.16. The highest BCUT2D eigenvalue weighted by atomic mass is 16.6. The van der Waals surface area contributed by atoms with E-state index in [0.29, 0.717) is 11.3 Å². The number of aryl methyl sites for hydroxylation is 1. The molecule has 0 amide bonds. The standard InChI is InChI=1S/C11H13NO5/c1-7-6-9(4-5-10(7)12(14)15)17-8(2)11(13)16-3/h4-6,8H,1-3H3/t8-/m1/s1. The summed E-state index contributed by atoms with van der Waals surface area (Å²) in [7, 11) is 1.27. The molecular formula is C11H13NO5. The molecule has 0 heterocycles. The Hall–Kier alpha value is -2.11. The van der Waals surface area contributed by atoms with Gasteiger partial charge >= 0.3 is 5.97 Å². The predicted molar refractivity (Wildman–Crippen MR) is 59.9 cm³/mol. The van der Waals surface area contributed by atoms with Gasteiger partial charge in [0.2, 0.25) is 0 Å². The summed E-state index contributed by atoms with van der Waals surface area (Å²) in [6.07, 6.45) is -0.749. The summed E-state index contributed by atoms with van der Waals surface area (Å²) in [5.41, 5.74) is 0.493. The molecule has 0 bridgehead atoms. The fourth-order valence-corrected chi connectivity index (χ4v) is 1.32. The number of ether oxygens (including phenoxy) is 2. The first-order valence-electron chi connectivity index (χ1n) is 4.95. The number of carbonyl (C=O) groups excluding carboxylic acids is 1. The van der Waals surface area contributed by atoms with Gasteiger partial charge in [0.15, 0.2) is 6.10 Å². The van der Waals surface area contributed by atoms with Crippen LogP contribution in [-0.2, 0) is 9.53 Å². The third-order valence-electron chi connectivity index (χ3n) is 2.21. The fourth-order valence-electron chi connectivity index (χ4n) is 1.32. The Balaban J connectivity index is 2.84. The fraction of sp³-hybridized carbons (Fsp3) is 0.364. The van der Waals surface area contributed by atoms with E-state index in [4.69, 9.17) is 4.74 Å². The van der Waals surface area contributed by atoms with Crippen LogP contribution >= 0.6 is 0 Å². The topological polar surface area (TPSA) is 78.7 Å². The van der Waals surface area contributed by atoms with Crippen molar-refractivity contribution in [1.29, 1.82) is 0 Å². The number of carbonyl (C=O) groups is 1. The SMILES string of the molecule is COC(=O)[C@@H](C)Oc1ccc([N+](=O)[O-])c(C)c1. The molecule has 0 aromatic heterocycles. The third-order valence-corrected chi connectivity index (χ3v) is 2.21. The zero-order chi connectivity index (χ0) is 13.0. The van der Waals surface area contributed by atoms with Gasteiger partial charge in [-0.2, -0.15) is 0 Å². The van der Waals surface area contributed by atoms with Crippen molar-refractivity contribution < 1.29 is 19.2 Å². The first-order valence-corrected chi connectivity index (χ1v) is 4.95. The Bertz CT molecular complexity index is 443. The van der Waals surface area contributed by atoms with Crippen LogP contribution in [0.15, 0.2) is 18.2 Å². The van der Waals surface area contributed by atoms with Crippen molar-refractivity contribution in [3.8, 4) is 5.75 Å². The van der Waals surface area contributed by atoms with E-state index >= 15 is 0 Å². The predicted octanol–water partition coefficient (Wildman–Crippen LogP) is 1.84. The lowest BCUT2D eigenvalue weighted by Crippen LogP contribution is -2.24. The first-order chi connectivity index (χ1) is 7.95. The van der Waals surface area contributed by atoms with Crippen LogP contribution in [0.3, 0.4) is 0 Å². The Morgan fingerprint density at radius 1 is 1.47 bits per heavy atom. The number of nitro benzene ring substituents is 1. The Labute approximate surface area is 98.3 Å². The minimum absolute atomic E-state index is 0.0167. The summed E-state index contributed by atoms with van der Waals surface area (Å²) in [5.74, 6) is -0.105. The molecule has 1 aromatic carbocycles. The normalized spacial score (nSPS) is 11.7. The molecular weight excluding hydrogens is 226 g/mol. The zero-order valence-corrected chi connectivity index (χ0v) is 9.80. The molecule has 0 spiro atoms. The summed E-state index contributed by atoms with van der Waals surface area (Å²) in [6.45, 7) is 3.15. The van der Waals surface area contributed by atoms with Crippen molar-refractivity contribution in [3.63, 3.8) is 0 Å². The minimum Gasteiger partial charge on any atom is -0.479 e. The van der Waals surface area contributed by atoms with Gasteiger partial charge in [-0.05, 0) is 26.0 Å².